The number of nitrogens with zero attached hydrogens (tertiary/aromatic N) is 1. The summed E-state index contributed by atoms with van der Waals surface area (Å²) in [5, 5.41) is 2.03. The van der Waals surface area contributed by atoms with Gasteiger partial charge in [0.2, 0.25) is 0 Å². The van der Waals surface area contributed by atoms with Gasteiger partial charge in [0.25, 0.3) is 0 Å². The molecule has 1 aromatic carbocycles. The van der Waals surface area contributed by atoms with Crippen LogP contribution < -0.4 is 5.73 Å². The normalized spacial score (nSPS) is 18.3. The molecule has 0 amide bonds. The van der Waals surface area contributed by atoms with Gasteiger partial charge >= 0.3 is 0 Å². The quantitative estimate of drug-likeness (QED) is 0.865. The molecular weight excluding hydrogens is 232 g/mol. The molecule has 1 saturated carbocycles. The van der Waals surface area contributed by atoms with Crippen molar-refractivity contribution in [2.45, 2.75) is 25.3 Å². The summed E-state index contributed by atoms with van der Waals surface area (Å²) < 4.78 is 2.12. The van der Waals surface area contributed by atoms with Gasteiger partial charge in [0.05, 0.1) is 0 Å². The third kappa shape index (κ3) is 1.76. The molecule has 1 atom stereocenters. The monoisotopic (exact) mass is 248 g/mol. The SMILES string of the molecule is Cn1cc(C(N)C2CCC2)c2ccc(Cl)cc21. The molecule has 0 spiro atoms. The standard InChI is InChI=1S/C14H17ClN2/c1-17-8-12(14(16)9-3-2-4-9)11-6-5-10(15)7-13(11)17/h5-9,14H,2-4,16H2,1H3. The fraction of sp³-hybridized carbons (Fsp3) is 0.429. The summed E-state index contributed by atoms with van der Waals surface area (Å²) in [6.07, 6.45) is 6.02. The van der Waals surface area contributed by atoms with E-state index in [2.05, 4.69) is 23.9 Å². The Morgan fingerprint density at radius 1 is 1.41 bits per heavy atom. The van der Waals surface area contributed by atoms with Crippen molar-refractivity contribution in [2.24, 2.45) is 18.7 Å². The lowest BCUT2D eigenvalue weighted by molar-refractivity contribution is 0.265. The Balaban J connectivity index is 2.10. The number of rotatable bonds is 2. The van der Waals surface area contributed by atoms with Crippen molar-refractivity contribution < 1.29 is 0 Å². The predicted octanol–water partition coefficient (Wildman–Crippen LogP) is 3.63. The molecule has 1 aliphatic carbocycles. The van der Waals surface area contributed by atoms with Gasteiger partial charge in [-0.25, -0.2) is 0 Å². The highest BCUT2D eigenvalue weighted by Gasteiger charge is 2.27. The molecular formula is C14H17ClN2. The molecule has 1 fully saturated rings. The Kier molecular flexibility index (Phi) is 2.64. The van der Waals surface area contributed by atoms with E-state index in [1.54, 1.807) is 0 Å². The molecule has 3 rings (SSSR count). The minimum absolute atomic E-state index is 0.175. The first-order valence-corrected chi connectivity index (χ1v) is 6.54. The van der Waals surface area contributed by atoms with E-state index in [4.69, 9.17) is 17.3 Å². The summed E-state index contributed by atoms with van der Waals surface area (Å²) in [5.41, 5.74) is 8.81. The number of aryl methyl sites for hydroxylation is 1. The molecule has 0 radical (unpaired) electrons. The summed E-state index contributed by atoms with van der Waals surface area (Å²) in [4.78, 5) is 0. The second kappa shape index (κ2) is 4.04. The van der Waals surface area contributed by atoms with Crippen LogP contribution in [0, 0.1) is 5.92 Å². The van der Waals surface area contributed by atoms with Crippen molar-refractivity contribution in [1.29, 1.82) is 0 Å². The molecule has 2 nitrogen and oxygen atoms in total. The van der Waals surface area contributed by atoms with Crippen LogP contribution in [-0.4, -0.2) is 4.57 Å². The molecule has 0 bridgehead atoms. The Bertz CT molecular complexity index is 555. The lowest BCUT2D eigenvalue weighted by atomic mass is 9.77. The van der Waals surface area contributed by atoms with Crippen molar-refractivity contribution in [3.05, 3.63) is 35.0 Å². The average Bonchev–Trinajstić information content (AvgIpc) is 2.53. The zero-order valence-electron chi connectivity index (χ0n) is 9.99. The highest BCUT2D eigenvalue weighted by Crippen LogP contribution is 2.39. The van der Waals surface area contributed by atoms with Crippen LogP contribution in [0.4, 0.5) is 0 Å². The molecule has 2 N–H and O–H groups in total. The predicted molar refractivity (Wildman–Crippen MR) is 72.2 cm³/mol. The highest BCUT2D eigenvalue weighted by atomic mass is 35.5. The zero-order chi connectivity index (χ0) is 12.0. The first kappa shape index (κ1) is 11.1. The van der Waals surface area contributed by atoms with Gasteiger partial charge in [-0.2, -0.15) is 0 Å². The molecule has 1 unspecified atom stereocenters. The molecule has 3 heteroatoms. The van der Waals surface area contributed by atoms with E-state index in [9.17, 15) is 0 Å². The molecule has 1 heterocycles. The zero-order valence-corrected chi connectivity index (χ0v) is 10.7. The first-order valence-electron chi connectivity index (χ1n) is 6.17. The van der Waals surface area contributed by atoms with E-state index in [1.807, 2.05) is 12.1 Å². The molecule has 1 aliphatic rings. The number of hydrogen-bond donors (Lipinski definition) is 1. The van der Waals surface area contributed by atoms with Gasteiger partial charge in [-0.1, -0.05) is 24.1 Å². The lowest BCUT2D eigenvalue weighted by Gasteiger charge is -2.31. The number of hydrogen-bond acceptors (Lipinski definition) is 1. The summed E-state index contributed by atoms with van der Waals surface area (Å²) in [6.45, 7) is 0. The Labute approximate surface area is 106 Å². The number of nitrogens with two attached hydrogens (primary N) is 1. The van der Waals surface area contributed by atoms with Crippen LogP contribution >= 0.6 is 11.6 Å². The number of aromatic nitrogens is 1. The van der Waals surface area contributed by atoms with E-state index in [0.717, 1.165) is 5.02 Å². The second-order valence-electron chi connectivity index (χ2n) is 5.07. The Hall–Kier alpha value is -0.990. The van der Waals surface area contributed by atoms with Crippen LogP contribution in [-0.2, 0) is 7.05 Å². The van der Waals surface area contributed by atoms with Crippen molar-refractivity contribution in [3.63, 3.8) is 0 Å². The topological polar surface area (TPSA) is 30.9 Å². The van der Waals surface area contributed by atoms with Crippen LogP contribution in [0.5, 0.6) is 0 Å². The third-order valence-electron chi connectivity index (χ3n) is 4.00. The van der Waals surface area contributed by atoms with Gasteiger partial charge in [0, 0.05) is 35.2 Å². The van der Waals surface area contributed by atoms with Gasteiger partial charge in [0.15, 0.2) is 0 Å². The van der Waals surface area contributed by atoms with Crippen LogP contribution in [0.3, 0.4) is 0 Å². The van der Waals surface area contributed by atoms with Gasteiger partial charge in [-0.05, 0) is 36.5 Å². The molecule has 17 heavy (non-hydrogen) atoms. The number of fused-ring (bicyclic) bond motifs is 1. The van der Waals surface area contributed by atoms with Crippen LogP contribution in [0.2, 0.25) is 5.02 Å². The fourth-order valence-corrected chi connectivity index (χ4v) is 2.87. The van der Waals surface area contributed by atoms with Gasteiger partial charge in [-0.3, -0.25) is 0 Å². The fourth-order valence-electron chi connectivity index (χ4n) is 2.71. The van der Waals surface area contributed by atoms with E-state index in [-0.39, 0.29) is 6.04 Å². The maximum Gasteiger partial charge on any atom is 0.0496 e. The minimum Gasteiger partial charge on any atom is -0.350 e. The van der Waals surface area contributed by atoms with Gasteiger partial charge in [-0.15, -0.1) is 0 Å². The number of benzene rings is 1. The van der Waals surface area contributed by atoms with E-state index < -0.39 is 0 Å². The largest absolute Gasteiger partial charge is 0.350 e. The molecule has 2 aromatic rings. The minimum atomic E-state index is 0.175. The maximum absolute atomic E-state index is 6.37. The van der Waals surface area contributed by atoms with Crippen molar-refractivity contribution in [3.8, 4) is 0 Å². The summed E-state index contributed by atoms with van der Waals surface area (Å²) >= 11 is 6.04. The van der Waals surface area contributed by atoms with Crippen LogP contribution in [0.25, 0.3) is 10.9 Å². The third-order valence-corrected chi connectivity index (χ3v) is 4.24. The summed E-state index contributed by atoms with van der Waals surface area (Å²) in [6, 6.07) is 6.22. The Morgan fingerprint density at radius 2 is 2.18 bits per heavy atom. The van der Waals surface area contributed by atoms with Crippen molar-refractivity contribution in [2.75, 3.05) is 0 Å². The summed E-state index contributed by atoms with van der Waals surface area (Å²) in [7, 11) is 2.05. The second-order valence-corrected chi connectivity index (χ2v) is 5.51. The van der Waals surface area contributed by atoms with E-state index in [0.29, 0.717) is 5.92 Å². The van der Waals surface area contributed by atoms with Crippen molar-refractivity contribution >= 4 is 22.5 Å². The summed E-state index contributed by atoms with van der Waals surface area (Å²) in [5.74, 6) is 0.663. The smallest absolute Gasteiger partial charge is 0.0496 e. The van der Waals surface area contributed by atoms with Crippen LogP contribution in [0.1, 0.15) is 30.9 Å². The highest BCUT2D eigenvalue weighted by molar-refractivity contribution is 6.31. The first-order chi connectivity index (χ1) is 8.16. The number of halogens is 1. The molecule has 90 valence electrons. The molecule has 0 aliphatic heterocycles. The van der Waals surface area contributed by atoms with E-state index >= 15 is 0 Å². The van der Waals surface area contributed by atoms with Crippen molar-refractivity contribution in [1.82, 2.24) is 4.57 Å². The molecule has 0 saturated heterocycles. The Morgan fingerprint density at radius 3 is 2.82 bits per heavy atom. The lowest BCUT2D eigenvalue weighted by Crippen LogP contribution is -2.26. The van der Waals surface area contributed by atoms with Gasteiger partial charge in [0.1, 0.15) is 0 Å². The average molecular weight is 249 g/mol. The maximum atomic E-state index is 6.37. The molecule has 1 aromatic heterocycles. The van der Waals surface area contributed by atoms with E-state index in [1.165, 1.54) is 35.7 Å². The van der Waals surface area contributed by atoms with Gasteiger partial charge < -0.3 is 10.3 Å². The van der Waals surface area contributed by atoms with Crippen LogP contribution in [0.15, 0.2) is 24.4 Å².